The quantitative estimate of drug-likeness (QED) is 0.720. The van der Waals surface area contributed by atoms with Gasteiger partial charge in [0.2, 0.25) is 0 Å². The highest BCUT2D eigenvalue weighted by Crippen LogP contribution is 2.21. The Bertz CT molecular complexity index is 338. The van der Waals surface area contributed by atoms with E-state index in [1.807, 2.05) is 13.8 Å². The molecule has 0 bridgehead atoms. The number of carbonyl (C=O) groups is 3. The van der Waals surface area contributed by atoms with E-state index in [2.05, 4.69) is 0 Å². The monoisotopic (exact) mass is 272 g/mol. The second kappa shape index (κ2) is 7.26. The van der Waals surface area contributed by atoms with Crippen molar-refractivity contribution in [1.29, 1.82) is 0 Å². The molecular weight excluding hydrogens is 248 g/mol. The van der Waals surface area contributed by atoms with Gasteiger partial charge in [-0.25, -0.2) is 0 Å². The first-order chi connectivity index (χ1) is 8.53. The van der Waals surface area contributed by atoms with Gasteiger partial charge in [-0.3, -0.25) is 14.4 Å². The topological polar surface area (TPSA) is 80.7 Å². The minimum atomic E-state index is -1.01. The molecule has 0 fully saturated rings. The van der Waals surface area contributed by atoms with Gasteiger partial charge in [0.15, 0.2) is 0 Å². The molecule has 19 heavy (non-hydrogen) atoms. The number of carboxylic acid groups (broad SMARTS) is 1. The van der Waals surface area contributed by atoms with Gasteiger partial charge in [-0.05, 0) is 26.7 Å². The molecule has 0 amide bonds. The van der Waals surface area contributed by atoms with Crippen molar-refractivity contribution in [2.45, 2.75) is 59.5 Å². The van der Waals surface area contributed by atoms with Crippen molar-refractivity contribution in [3.05, 3.63) is 0 Å². The van der Waals surface area contributed by atoms with Crippen LogP contribution in [0.15, 0.2) is 0 Å². The second-order valence-electron chi connectivity index (χ2n) is 6.02. The van der Waals surface area contributed by atoms with E-state index in [-0.39, 0.29) is 31.0 Å². The number of esters is 1. The molecule has 0 aliphatic carbocycles. The fourth-order valence-electron chi connectivity index (χ4n) is 1.56. The summed E-state index contributed by atoms with van der Waals surface area (Å²) in [5.41, 5.74) is -0.589. The molecule has 0 unspecified atom stereocenters. The molecule has 110 valence electrons. The van der Waals surface area contributed by atoms with E-state index in [4.69, 9.17) is 9.84 Å². The Kier molecular flexibility index (Phi) is 6.73. The van der Waals surface area contributed by atoms with E-state index in [0.29, 0.717) is 0 Å². The lowest BCUT2D eigenvalue weighted by molar-refractivity contribution is -0.162. The maximum absolute atomic E-state index is 12.0. The molecule has 1 atom stereocenters. The molecule has 0 heterocycles. The van der Waals surface area contributed by atoms with Crippen LogP contribution in [0.5, 0.6) is 0 Å². The molecule has 0 rings (SSSR count). The lowest BCUT2D eigenvalue weighted by Gasteiger charge is -2.25. The minimum Gasteiger partial charge on any atom is -0.481 e. The Hall–Kier alpha value is -1.39. The Morgan fingerprint density at radius 2 is 1.63 bits per heavy atom. The van der Waals surface area contributed by atoms with Gasteiger partial charge in [0.05, 0.1) is 12.3 Å². The fraction of sp³-hybridized carbons (Fsp3) is 0.786. The van der Waals surface area contributed by atoms with Crippen molar-refractivity contribution in [1.82, 2.24) is 0 Å². The third-order valence-corrected chi connectivity index (χ3v) is 2.58. The van der Waals surface area contributed by atoms with Crippen molar-refractivity contribution in [2.75, 3.05) is 0 Å². The van der Waals surface area contributed by atoms with E-state index < -0.39 is 23.5 Å². The Morgan fingerprint density at radius 3 is 2.00 bits per heavy atom. The summed E-state index contributed by atoms with van der Waals surface area (Å²) >= 11 is 0. The number of hydrogen-bond acceptors (Lipinski definition) is 4. The third-order valence-electron chi connectivity index (χ3n) is 2.58. The highest BCUT2D eigenvalue weighted by Gasteiger charge is 2.29. The molecular formula is C14H24O5. The number of Topliss-reactive ketones (excluding diaryl/α,β-unsaturated/α-hetero) is 1. The lowest BCUT2D eigenvalue weighted by atomic mass is 9.89. The van der Waals surface area contributed by atoms with E-state index in [1.54, 1.807) is 20.8 Å². The van der Waals surface area contributed by atoms with Crippen molar-refractivity contribution >= 4 is 17.7 Å². The molecule has 0 aromatic carbocycles. The van der Waals surface area contributed by atoms with Gasteiger partial charge in [0.25, 0.3) is 0 Å². The summed E-state index contributed by atoms with van der Waals surface area (Å²) in [5, 5.41) is 8.52. The van der Waals surface area contributed by atoms with Gasteiger partial charge >= 0.3 is 11.9 Å². The summed E-state index contributed by atoms with van der Waals surface area (Å²) in [6, 6.07) is 0. The molecule has 0 radical (unpaired) electrons. The summed E-state index contributed by atoms with van der Waals surface area (Å²) < 4.78 is 5.28. The number of carboxylic acids is 1. The maximum Gasteiger partial charge on any atom is 0.310 e. The Morgan fingerprint density at radius 1 is 1.11 bits per heavy atom. The molecule has 5 nitrogen and oxygen atoms in total. The van der Waals surface area contributed by atoms with E-state index in [9.17, 15) is 14.4 Å². The van der Waals surface area contributed by atoms with Crippen LogP contribution in [0.4, 0.5) is 0 Å². The van der Waals surface area contributed by atoms with Gasteiger partial charge in [-0.1, -0.05) is 13.8 Å². The van der Waals surface area contributed by atoms with Crippen molar-refractivity contribution in [3.63, 3.8) is 0 Å². The normalized spacial score (nSPS) is 13.2. The first-order valence-corrected chi connectivity index (χ1v) is 6.49. The number of ketones is 1. The third kappa shape index (κ3) is 8.35. The molecule has 1 N–H and O–H groups in total. The van der Waals surface area contributed by atoms with Crippen LogP contribution in [0.1, 0.15) is 53.9 Å². The van der Waals surface area contributed by atoms with Crippen LogP contribution >= 0.6 is 0 Å². The van der Waals surface area contributed by atoms with Gasteiger partial charge < -0.3 is 9.84 Å². The zero-order chi connectivity index (χ0) is 15.2. The smallest absolute Gasteiger partial charge is 0.310 e. The highest BCUT2D eigenvalue weighted by atomic mass is 16.6. The van der Waals surface area contributed by atoms with Crippen molar-refractivity contribution < 1.29 is 24.2 Å². The van der Waals surface area contributed by atoms with E-state index in [1.165, 1.54) is 0 Å². The zero-order valence-electron chi connectivity index (χ0n) is 12.4. The van der Waals surface area contributed by atoms with Crippen LogP contribution in [0, 0.1) is 11.8 Å². The van der Waals surface area contributed by atoms with Crippen LogP contribution in [0.2, 0.25) is 0 Å². The molecule has 5 heteroatoms. The molecule has 0 aliphatic heterocycles. The first-order valence-electron chi connectivity index (χ1n) is 6.49. The molecule has 0 saturated heterocycles. The predicted octanol–water partition coefficient (Wildman–Crippen LogP) is 2.42. The molecule has 0 spiro atoms. The van der Waals surface area contributed by atoms with Crippen molar-refractivity contribution in [3.8, 4) is 0 Å². The van der Waals surface area contributed by atoms with Gasteiger partial charge in [0.1, 0.15) is 11.4 Å². The molecule has 0 saturated carbocycles. The summed E-state index contributed by atoms with van der Waals surface area (Å²) in [7, 11) is 0. The van der Waals surface area contributed by atoms with Gasteiger partial charge in [-0.2, -0.15) is 0 Å². The first kappa shape index (κ1) is 17.6. The number of aliphatic carboxylic acids is 1. The zero-order valence-corrected chi connectivity index (χ0v) is 12.4. The van der Waals surface area contributed by atoms with Crippen LogP contribution < -0.4 is 0 Å². The molecule has 0 aromatic rings. The van der Waals surface area contributed by atoms with E-state index >= 15 is 0 Å². The fourth-order valence-corrected chi connectivity index (χ4v) is 1.56. The lowest BCUT2D eigenvalue weighted by Crippen LogP contribution is -2.32. The molecule has 0 aliphatic rings. The summed E-state index contributed by atoms with van der Waals surface area (Å²) in [4.78, 5) is 34.0. The van der Waals surface area contributed by atoms with Gasteiger partial charge in [0, 0.05) is 12.8 Å². The SMILES string of the molecule is CC(C)[C@H](CC(=O)CCC(=O)O)C(=O)OC(C)(C)C. The average molecular weight is 272 g/mol. The average Bonchev–Trinajstić information content (AvgIpc) is 2.19. The summed E-state index contributed by atoms with van der Waals surface area (Å²) in [5.74, 6) is -2.16. The summed E-state index contributed by atoms with van der Waals surface area (Å²) in [6.45, 7) is 9.01. The largest absolute Gasteiger partial charge is 0.481 e. The number of ether oxygens (including phenoxy) is 1. The van der Waals surface area contributed by atoms with E-state index in [0.717, 1.165) is 0 Å². The minimum absolute atomic E-state index is 0.0244. The summed E-state index contributed by atoms with van der Waals surface area (Å²) in [6.07, 6.45) is -0.195. The van der Waals surface area contributed by atoms with Crippen LogP contribution in [0.25, 0.3) is 0 Å². The number of rotatable bonds is 7. The standard InChI is InChI=1S/C14H24O5/c1-9(2)11(13(18)19-14(3,4)5)8-10(15)6-7-12(16)17/h9,11H,6-8H2,1-5H3,(H,16,17)/t11-/m0/s1. The Labute approximate surface area is 114 Å². The second-order valence-corrected chi connectivity index (χ2v) is 6.02. The van der Waals surface area contributed by atoms with Crippen molar-refractivity contribution in [2.24, 2.45) is 11.8 Å². The number of carbonyl (C=O) groups excluding carboxylic acids is 2. The maximum atomic E-state index is 12.0. The van der Waals surface area contributed by atoms with Gasteiger partial charge in [-0.15, -0.1) is 0 Å². The predicted molar refractivity (Wildman–Crippen MR) is 70.7 cm³/mol. The van der Waals surface area contributed by atoms with Crippen LogP contribution in [0.3, 0.4) is 0 Å². The number of hydrogen-bond donors (Lipinski definition) is 1. The highest BCUT2D eigenvalue weighted by molar-refractivity contribution is 5.86. The van der Waals surface area contributed by atoms with Crippen LogP contribution in [-0.4, -0.2) is 28.4 Å². The molecule has 0 aromatic heterocycles. The Balaban J connectivity index is 4.53. The van der Waals surface area contributed by atoms with Crippen LogP contribution in [-0.2, 0) is 19.1 Å².